The third-order valence-corrected chi connectivity index (χ3v) is 2.69. The molecule has 0 aliphatic heterocycles. The van der Waals surface area contributed by atoms with Crippen molar-refractivity contribution in [3.05, 3.63) is 0 Å². The summed E-state index contributed by atoms with van der Waals surface area (Å²) in [5.74, 6) is 1.79. The quantitative estimate of drug-likeness (QED) is 0.621. The Morgan fingerprint density at radius 2 is 1.75 bits per heavy atom. The summed E-state index contributed by atoms with van der Waals surface area (Å²) in [6.07, 6.45) is 4.03. The van der Waals surface area contributed by atoms with Crippen LogP contribution >= 0.6 is 0 Å². The fraction of sp³-hybridized carbons (Fsp3) is 1.00. The van der Waals surface area contributed by atoms with E-state index >= 15 is 0 Å². The molecule has 1 heteroatoms. The average Bonchev–Trinajstić information content (AvgIpc) is 2.11. The molecule has 0 amide bonds. The van der Waals surface area contributed by atoms with Crippen LogP contribution in [0.3, 0.4) is 0 Å². The van der Waals surface area contributed by atoms with E-state index in [1.54, 1.807) is 0 Å². The van der Waals surface area contributed by atoms with Gasteiger partial charge in [0.25, 0.3) is 0 Å². The molecule has 0 fully saturated rings. The Bertz CT molecular complexity index is 91.0. The molecule has 2 unspecified atom stereocenters. The van der Waals surface area contributed by atoms with Crippen LogP contribution in [-0.2, 0) is 0 Å². The van der Waals surface area contributed by atoms with E-state index in [2.05, 4.69) is 33.0 Å². The molecule has 1 nitrogen and oxygen atoms in total. The van der Waals surface area contributed by atoms with Crippen LogP contribution in [0.15, 0.2) is 0 Å². The van der Waals surface area contributed by atoms with Gasteiger partial charge in [0.15, 0.2) is 0 Å². The zero-order valence-corrected chi connectivity index (χ0v) is 9.19. The molecule has 12 heavy (non-hydrogen) atoms. The predicted octanol–water partition coefficient (Wildman–Crippen LogP) is 3.06. The Kier molecular flexibility index (Phi) is 7.58. The van der Waals surface area contributed by atoms with Crippen molar-refractivity contribution in [1.29, 1.82) is 0 Å². The minimum Gasteiger partial charge on any atom is -0.317 e. The van der Waals surface area contributed by atoms with E-state index in [4.69, 9.17) is 0 Å². The van der Waals surface area contributed by atoms with E-state index in [0.29, 0.717) is 0 Å². The van der Waals surface area contributed by atoms with E-state index in [0.717, 1.165) is 18.4 Å². The van der Waals surface area contributed by atoms with E-state index in [1.165, 1.54) is 25.8 Å². The van der Waals surface area contributed by atoms with Crippen molar-refractivity contribution in [2.24, 2.45) is 11.8 Å². The van der Waals surface area contributed by atoms with Gasteiger partial charge in [-0.2, -0.15) is 0 Å². The number of hydrogen-bond donors (Lipinski definition) is 1. The standard InChI is InChI=1S/C11H25N/c1-5-10(4)8-11(6-2)9-12-7-3/h10-12H,5-9H2,1-4H3. The lowest BCUT2D eigenvalue weighted by Crippen LogP contribution is -2.23. The molecule has 0 bridgehead atoms. The summed E-state index contributed by atoms with van der Waals surface area (Å²) in [7, 11) is 0. The fourth-order valence-electron chi connectivity index (χ4n) is 1.48. The second-order valence-electron chi connectivity index (χ2n) is 3.83. The van der Waals surface area contributed by atoms with Crippen LogP contribution in [0, 0.1) is 11.8 Å². The topological polar surface area (TPSA) is 12.0 Å². The minimum absolute atomic E-state index is 0.889. The largest absolute Gasteiger partial charge is 0.317 e. The summed E-state index contributed by atoms with van der Waals surface area (Å²) in [5, 5.41) is 3.43. The van der Waals surface area contributed by atoms with Crippen molar-refractivity contribution in [3.8, 4) is 0 Å². The highest BCUT2D eigenvalue weighted by Crippen LogP contribution is 2.16. The maximum absolute atomic E-state index is 3.43. The van der Waals surface area contributed by atoms with Crippen molar-refractivity contribution >= 4 is 0 Å². The molecular formula is C11H25N. The monoisotopic (exact) mass is 171 g/mol. The van der Waals surface area contributed by atoms with Gasteiger partial charge in [-0.1, -0.05) is 40.5 Å². The van der Waals surface area contributed by atoms with Crippen molar-refractivity contribution in [1.82, 2.24) is 5.32 Å². The maximum Gasteiger partial charge on any atom is -0.00206 e. The molecule has 0 spiro atoms. The van der Waals surface area contributed by atoms with Crippen LogP contribution < -0.4 is 5.32 Å². The smallest absolute Gasteiger partial charge is 0.00206 e. The van der Waals surface area contributed by atoms with Crippen molar-refractivity contribution in [3.63, 3.8) is 0 Å². The molecule has 0 aromatic heterocycles. The van der Waals surface area contributed by atoms with Gasteiger partial charge in [0, 0.05) is 0 Å². The van der Waals surface area contributed by atoms with Gasteiger partial charge in [-0.25, -0.2) is 0 Å². The van der Waals surface area contributed by atoms with Gasteiger partial charge < -0.3 is 5.32 Å². The highest BCUT2D eigenvalue weighted by atomic mass is 14.8. The Hall–Kier alpha value is -0.0400. The summed E-state index contributed by atoms with van der Waals surface area (Å²) in [6.45, 7) is 11.4. The number of rotatable bonds is 7. The van der Waals surface area contributed by atoms with E-state index in [-0.39, 0.29) is 0 Å². The molecule has 0 saturated carbocycles. The first-order chi connectivity index (χ1) is 5.74. The molecule has 0 aliphatic rings. The molecule has 0 saturated heterocycles. The molecule has 0 rings (SSSR count). The average molecular weight is 171 g/mol. The van der Waals surface area contributed by atoms with Crippen LogP contribution in [0.25, 0.3) is 0 Å². The van der Waals surface area contributed by atoms with Crippen molar-refractivity contribution < 1.29 is 0 Å². The first-order valence-electron chi connectivity index (χ1n) is 5.45. The third-order valence-electron chi connectivity index (χ3n) is 2.69. The van der Waals surface area contributed by atoms with Crippen LogP contribution in [0.4, 0.5) is 0 Å². The highest BCUT2D eigenvalue weighted by Gasteiger charge is 2.09. The summed E-state index contributed by atoms with van der Waals surface area (Å²) >= 11 is 0. The Morgan fingerprint density at radius 1 is 1.08 bits per heavy atom. The molecule has 2 atom stereocenters. The zero-order chi connectivity index (χ0) is 9.40. The second kappa shape index (κ2) is 7.60. The van der Waals surface area contributed by atoms with Gasteiger partial charge in [0.05, 0.1) is 0 Å². The Morgan fingerprint density at radius 3 is 2.17 bits per heavy atom. The first kappa shape index (κ1) is 12.0. The van der Waals surface area contributed by atoms with Crippen LogP contribution in [0.5, 0.6) is 0 Å². The van der Waals surface area contributed by atoms with Crippen LogP contribution in [0.2, 0.25) is 0 Å². The van der Waals surface area contributed by atoms with Gasteiger partial charge in [-0.15, -0.1) is 0 Å². The maximum atomic E-state index is 3.43. The summed E-state index contributed by atoms with van der Waals surface area (Å²) in [4.78, 5) is 0. The molecule has 74 valence electrons. The second-order valence-corrected chi connectivity index (χ2v) is 3.83. The molecule has 0 aliphatic carbocycles. The molecule has 0 aromatic carbocycles. The Balaban J connectivity index is 3.51. The normalized spacial score (nSPS) is 16.0. The van der Waals surface area contributed by atoms with E-state index < -0.39 is 0 Å². The SMILES string of the molecule is CCNCC(CC)CC(C)CC. The lowest BCUT2D eigenvalue weighted by atomic mass is 9.92. The molecule has 0 aromatic rings. The number of nitrogens with one attached hydrogen (secondary N) is 1. The predicted molar refractivity (Wildman–Crippen MR) is 56.4 cm³/mol. The van der Waals surface area contributed by atoms with Gasteiger partial charge in [0.1, 0.15) is 0 Å². The van der Waals surface area contributed by atoms with Gasteiger partial charge in [0.2, 0.25) is 0 Å². The van der Waals surface area contributed by atoms with Gasteiger partial charge >= 0.3 is 0 Å². The zero-order valence-electron chi connectivity index (χ0n) is 9.19. The summed E-state index contributed by atoms with van der Waals surface area (Å²) < 4.78 is 0. The lowest BCUT2D eigenvalue weighted by Gasteiger charge is -2.18. The van der Waals surface area contributed by atoms with Gasteiger partial charge in [-0.05, 0) is 31.3 Å². The van der Waals surface area contributed by atoms with E-state index in [1.807, 2.05) is 0 Å². The summed E-state index contributed by atoms with van der Waals surface area (Å²) in [5.41, 5.74) is 0. The van der Waals surface area contributed by atoms with Crippen LogP contribution in [0.1, 0.15) is 47.0 Å². The number of hydrogen-bond acceptors (Lipinski definition) is 1. The molecule has 1 N–H and O–H groups in total. The fourth-order valence-corrected chi connectivity index (χ4v) is 1.48. The minimum atomic E-state index is 0.889. The molecule has 0 heterocycles. The molecular weight excluding hydrogens is 146 g/mol. The van der Waals surface area contributed by atoms with Crippen LogP contribution in [-0.4, -0.2) is 13.1 Å². The lowest BCUT2D eigenvalue weighted by molar-refractivity contribution is 0.359. The molecule has 0 radical (unpaired) electrons. The van der Waals surface area contributed by atoms with Crippen molar-refractivity contribution in [2.75, 3.05) is 13.1 Å². The third kappa shape index (κ3) is 5.59. The Labute approximate surface area is 77.9 Å². The van der Waals surface area contributed by atoms with Gasteiger partial charge in [-0.3, -0.25) is 0 Å². The summed E-state index contributed by atoms with van der Waals surface area (Å²) in [6, 6.07) is 0. The van der Waals surface area contributed by atoms with E-state index in [9.17, 15) is 0 Å². The first-order valence-corrected chi connectivity index (χ1v) is 5.45. The highest BCUT2D eigenvalue weighted by molar-refractivity contribution is 4.63. The van der Waals surface area contributed by atoms with Crippen molar-refractivity contribution in [2.45, 2.75) is 47.0 Å².